The largest absolute Gasteiger partial charge is 0.351 e. The number of piperidine rings is 1. The molecule has 0 aromatic heterocycles. The van der Waals surface area contributed by atoms with Crippen LogP contribution in [0.15, 0.2) is 54.6 Å². The van der Waals surface area contributed by atoms with Gasteiger partial charge in [0.1, 0.15) is 5.54 Å². The molecule has 0 bridgehead atoms. The number of rotatable bonds is 5. The van der Waals surface area contributed by atoms with Gasteiger partial charge in [0.05, 0.1) is 6.54 Å². The maximum atomic E-state index is 13.6. The molecule has 152 valence electrons. The number of benzene rings is 2. The van der Waals surface area contributed by atoms with Crippen LogP contribution < -0.4 is 10.2 Å². The van der Waals surface area contributed by atoms with E-state index in [0.29, 0.717) is 6.54 Å². The van der Waals surface area contributed by atoms with Crippen LogP contribution in [0, 0.1) is 6.92 Å². The van der Waals surface area contributed by atoms with Crippen molar-refractivity contribution in [2.75, 3.05) is 24.5 Å². The van der Waals surface area contributed by atoms with Crippen LogP contribution in [-0.4, -0.2) is 41.9 Å². The molecule has 1 N–H and O–H groups in total. The van der Waals surface area contributed by atoms with Gasteiger partial charge in [-0.15, -0.1) is 0 Å². The number of nitrogens with zero attached hydrogens (tertiary/aromatic N) is 2. The molecule has 29 heavy (non-hydrogen) atoms. The van der Waals surface area contributed by atoms with E-state index in [4.69, 9.17) is 0 Å². The summed E-state index contributed by atoms with van der Waals surface area (Å²) in [7, 11) is 0. The molecule has 2 aliphatic rings. The molecule has 0 aliphatic carbocycles. The lowest BCUT2D eigenvalue weighted by molar-refractivity contribution is -0.133. The smallest absolute Gasteiger partial charge is 0.247 e. The van der Waals surface area contributed by atoms with Crippen molar-refractivity contribution >= 4 is 17.5 Å². The predicted molar refractivity (Wildman–Crippen MR) is 115 cm³/mol. The number of amides is 2. The Morgan fingerprint density at radius 2 is 1.69 bits per heavy atom. The third-order valence-corrected chi connectivity index (χ3v) is 6.25. The Labute approximate surface area is 172 Å². The highest BCUT2D eigenvalue weighted by molar-refractivity contribution is 6.01. The topological polar surface area (TPSA) is 52.6 Å². The van der Waals surface area contributed by atoms with Crippen LogP contribution >= 0.6 is 0 Å². The normalized spacial score (nSPS) is 22.2. The van der Waals surface area contributed by atoms with Crippen LogP contribution in [-0.2, 0) is 16.1 Å². The minimum absolute atomic E-state index is 0.0182. The molecule has 2 amide bonds. The number of carbonyl (C=O) groups excluding carboxylic acids is 2. The molecular weight excluding hydrogens is 362 g/mol. The minimum Gasteiger partial charge on any atom is -0.351 e. The first-order valence-corrected chi connectivity index (χ1v) is 10.5. The fraction of sp³-hybridized carbons (Fsp3) is 0.417. The van der Waals surface area contributed by atoms with E-state index >= 15 is 0 Å². The summed E-state index contributed by atoms with van der Waals surface area (Å²) in [6, 6.07) is 18.1. The minimum atomic E-state index is -0.535. The summed E-state index contributed by atoms with van der Waals surface area (Å²) in [4.78, 5) is 30.2. The maximum absolute atomic E-state index is 13.6. The number of nitrogens with one attached hydrogen (secondary N) is 1. The summed E-state index contributed by atoms with van der Waals surface area (Å²) < 4.78 is 0. The average Bonchev–Trinajstić information content (AvgIpc) is 3.13. The van der Waals surface area contributed by atoms with E-state index in [1.807, 2.05) is 59.5 Å². The predicted octanol–water partition coefficient (Wildman–Crippen LogP) is 3.27. The van der Waals surface area contributed by atoms with Crippen molar-refractivity contribution < 1.29 is 9.59 Å². The van der Waals surface area contributed by atoms with Crippen molar-refractivity contribution in [2.45, 2.75) is 44.7 Å². The number of aryl methyl sites for hydroxylation is 1. The summed E-state index contributed by atoms with van der Waals surface area (Å²) in [5, 5.41) is 3.01. The van der Waals surface area contributed by atoms with Crippen LogP contribution in [0.5, 0.6) is 0 Å². The quantitative estimate of drug-likeness (QED) is 0.851. The van der Waals surface area contributed by atoms with Crippen molar-refractivity contribution in [1.82, 2.24) is 10.2 Å². The fourth-order valence-corrected chi connectivity index (χ4v) is 4.68. The molecule has 1 atom stereocenters. The zero-order chi connectivity index (χ0) is 20.3. The molecule has 0 saturated carbocycles. The van der Waals surface area contributed by atoms with Crippen LogP contribution in [0.25, 0.3) is 0 Å². The Hall–Kier alpha value is -2.66. The SMILES string of the molecule is Cc1ccc(N2CCCC3(CCCN3CC(=O)NCc3ccccc3)C2=O)cc1. The van der Waals surface area contributed by atoms with Gasteiger partial charge in [0.15, 0.2) is 0 Å². The molecule has 1 spiro atoms. The molecular formula is C24H29N3O2. The third kappa shape index (κ3) is 4.06. The molecule has 5 nitrogen and oxygen atoms in total. The van der Waals surface area contributed by atoms with Crippen molar-refractivity contribution in [3.05, 3.63) is 65.7 Å². The van der Waals surface area contributed by atoms with Crippen molar-refractivity contribution in [3.8, 4) is 0 Å². The summed E-state index contributed by atoms with van der Waals surface area (Å²) in [5.41, 5.74) is 2.69. The van der Waals surface area contributed by atoms with Gasteiger partial charge >= 0.3 is 0 Å². The Bertz CT molecular complexity index is 865. The van der Waals surface area contributed by atoms with E-state index < -0.39 is 5.54 Å². The summed E-state index contributed by atoms with van der Waals surface area (Å²) >= 11 is 0. The molecule has 4 rings (SSSR count). The maximum Gasteiger partial charge on any atom is 0.247 e. The second-order valence-electron chi connectivity index (χ2n) is 8.21. The molecule has 0 radical (unpaired) electrons. The monoisotopic (exact) mass is 391 g/mol. The summed E-state index contributed by atoms with van der Waals surface area (Å²) in [6.07, 6.45) is 3.58. The van der Waals surface area contributed by atoms with Gasteiger partial charge in [0, 0.05) is 18.8 Å². The second kappa shape index (κ2) is 8.37. The van der Waals surface area contributed by atoms with Gasteiger partial charge in [0.25, 0.3) is 0 Å². The van der Waals surface area contributed by atoms with E-state index in [0.717, 1.165) is 50.0 Å². The highest BCUT2D eigenvalue weighted by Crippen LogP contribution is 2.39. The number of anilines is 1. The Morgan fingerprint density at radius 1 is 1.00 bits per heavy atom. The molecule has 2 aliphatic heterocycles. The number of likely N-dealkylation sites (tertiary alicyclic amines) is 1. The zero-order valence-corrected chi connectivity index (χ0v) is 17.1. The molecule has 2 aromatic rings. The van der Waals surface area contributed by atoms with Gasteiger partial charge in [-0.3, -0.25) is 14.5 Å². The van der Waals surface area contributed by atoms with Gasteiger partial charge < -0.3 is 10.2 Å². The number of hydrogen-bond donors (Lipinski definition) is 1. The first kappa shape index (κ1) is 19.6. The van der Waals surface area contributed by atoms with Gasteiger partial charge in [-0.05, 0) is 56.8 Å². The first-order valence-electron chi connectivity index (χ1n) is 10.5. The zero-order valence-electron chi connectivity index (χ0n) is 17.1. The highest BCUT2D eigenvalue weighted by Gasteiger charge is 2.51. The number of hydrogen-bond acceptors (Lipinski definition) is 3. The van der Waals surface area contributed by atoms with E-state index in [1.165, 1.54) is 5.56 Å². The third-order valence-electron chi connectivity index (χ3n) is 6.25. The molecule has 2 heterocycles. The van der Waals surface area contributed by atoms with E-state index in [1.54, 1.807) is 0 Å². The lowest BCUT2D eigenvalue weighted by atomic mass is 9.85. The summed E-state index contributed by atoms with van der Waals surface area (Å²) in [6.45, 7) is 4.39. The van der Waals surface area contributed by atoms with Gasteiger partial charge in [0.2, 0.25) is 11.8 Å². The summed E-state index contributed by atoms with van der Waals surface area (Å²) in [5.74, 6) is 0.136. The Morgan fingerprint density at radius 3 is 2.41 bits per heavy atom. The van der Waals surface area contributed by atoms with Crippen LogP contribution in [0.2, 0.25) is 0 Å². The average molecular weight is 392 g/mol. The van der Waals surface area contributed by atoms with Crippen LogP contribution in [0.1, 0.15) is 36.8 Å². The Balaban J connectivity index is 1.45. The lowest BCUT2D eigenvalue weighted by Crippen LogP contribution is -2.61. The standard InChI is InChI=1S/C24H29N3O2/c1-19-9-11-21(12-10-19)27-16-6-14-24(23(27)29)13-5-15-26(24)18-22(28)25-17-20-7-3-2-4-8-20/h2-4,7-12H,5-6,13-18H2,1H3,(H,25,28). The van der Waals surface area contributed by atoms with E-state index in [9.17, 15) is 9.59 Å². The van der Waals surface area contributed by atoms with Crippen molar-refractivity contribution in [2.24, 2.45) is 0 Å². The van der Waals surface area contributed by atoms with E-state index in [2.05, 4.69) is 17.1 Å². The number of carbonyl (C=O) groups is 2. The first-order chi connectivity index (χ1) is 14.1. The molecule has 5 heteroatoms. The van der Waals surface area contributed by atoms with Crippen molar-refractivity contribution in [1.29, 1.82) is 0 Å². The lowest BCUT2D eigenvalue weighted by Gasteiger charge is -2.44. The second-order valence-corrected chi connectivity index (χ2v) is 8.21. The fourth-order valence-electron chi connectivity index (χ4n) is 4.68. The van der Waals surface area contributed by atoms with Gasteiger partial charge in [-0.2, -0.15) is 0 Å². The molecule has 2 saturated heterocycles. The van der Waals surface area contributed by atoms with Gasteiger partial charge in [-0.1, -0.05) is 48.0 Å². The van der Waals surface area contributed by atoms with E-state index in [-0.39, 0.29) is 18.4 Å². The Kier molecular flexibility index (Phi) is 5.67. The van der Waals surface area contributed by atoms with Gasteiger partial charge in [-0.25, -0.2) is 0 Å². The molecule has 2 fully saturated rings. The van der Waals surface area contributed by atoms with Crippen LogP contribution in [0.4, 0.5) is 5.69 Å². The molecule has 2 aromatic carbocycles. The molecule has 1 unspecified atom stereocenters. The highest BCUT2D eigenvalue weighted by atomic mass is 16.2. The van der Waals surface area contributed by atoms with Crippen LogP contribution in [0.3, 0.4) is 0 Å². The van der Waals surface area contributed by atoms with Crippen molar-refractivity contribution in [3.63, 3.8) is 0 Å².